The van der Waals surface area contributed by atoms with Gasteiger partial charge in [0.2, 0.25) is 0 Å². The van der Waals surface area contributed by atoms with Gasteiger partial charge in [0.15, 0.2) is 5.78 Å². The van der Waals surface area contributed by atoms with Crippen LogP contribution in [0.2, 0.25) is 10.0 Å². The molecule has 4 heteroatoms. The van der Waals surface area contributed by atoms with Crippen molar-refractivity contribution < 1.29 is 9.53 Å². The van der Waals surface area contributed by atoms with Crippen LogP contribution in [0.15, 0.2) is 48.0 Å². The minimum absolute atomic E-state index is 0.00291. The molecular weight excluding hydrogens is 307 g/mol. The minimum Gasteiger partial charge on any atom is -0.491 e. The monoisotopic (exact) mass is 318 g/mol. The zero-order valence-electron chi connectivity index (χ0n) is 11.1. The molecule has 0 bridgehead atoms. The fourth-order valence-electron chi connectivity index (χ4n) is 2.32. The van der Waals surface area contributed by atoms with E-state index >= 15 is 0 Å². The molecular formula is C17H12Cl2O2. The molecule has 1 aliphatic rings. The van der Waals surface area contributed by atoms with Crippen molar-refractivity contribution in [3.63, 3.8) is 0 Å². The molecule has 0 amide bonds. The van der Waals surface area contributed by atoms with Gasteiger partial charge in [-0.15, -0.1) is 0 Å². The Hall–Kier alpha value is -1.77. The molecule has 0 atom stereocenters. The zero-order chi connectivity index (χ0) is 14.8. The molecule has 0 fully saturated rings. The number of carbonyl (C=O) groups is 1. The van der Waals surface area contributed by atoms with E-state index in [9.17, 15) is 4.79 Å². The fourth-order valence-corrected chi connectivity index (χ4v) is 2.88. The molecule has 3 rings (SSSR count). The molecule has 0 spiro atoms. The number of benzene rings is 2. The normalized spacial score (nSPS) is 13.7. The van der Waals surface area contributed by atoms with E-state index in [1.807, 2.05) is 24.3 Å². The van der Waals surface area contributed by atoms with Crippen molar-refractivity contribution in [3.8, 4) is 5.75 Å². The SMILES string of the molecule is O=C(C1=Cc2cc(Cl)cc(Cl)c2OCC1)c1ccccc1. The first kappa shape index (κ1) is 14.2. The molecule has 0 saturated carbocycles. The van der Waals surface area contributed by atoms with Crippen LogP contribution >= 0.6 is 23.2 Å². The van der Waals surface area contributed by atoms with Crippen LogP contribution in [0.3, 0.4) is 0 Å². The lowest BCUT2D eigenvalue weighted by Gasteiger charge is -2.08. The van der Waals surface area contributed by atoms with Crippen molar-refractivity contribution in [2.45, 2.75) is 6.42 Å². The van der Waals surface area contributed by atoms with E-state index < -0.39 is 0 Å². The highest BCUT2D eigenvalue weighted by Gasteiger charge is 2.18. The van der Waals surface area contributed by atoms with Crippen molar-refractivity contribution >= 4 is 35.1 Å². The summed E-state index contributed by atoms with van der Waals surface area (Å²) in [5.74, 6) is 0.583. The molecule has 2 aromatic carbocycles. The largest absolute Gasteiger partial charge is 0.491 e. The number of rotatable bonds is 2. The van der Waals surface area contributed by atoms with Gasteiger partial charge >= 0.3 is 0 Å². The van der Waals surface area contributed by atoms with Gasteiger partial charge in [-0.2, -0.15) is 0 Å². The second-order valence-electron chi connectivity index (χ2n) is 4.77. The summed E-state index contributed by atoms with van der Waals surface area (Å²) in [6.07, 6.45) is 2.35. The Morgan fingerprint density at radius 2 is 1.86 bits per heavy atom. The number of hydrogen-bond acceptors (Lipinski definition) is 2. The van der Waals surface area contributed by atoms with Crippen molar-refractivity contribution in [1.29, 1.82) is 0 Å². The summed E-state index contributed by atoms with van der Waals surface area (Å²) in [7, 11) is 0. The van der Waals surface area contributed by atoms with E-state index in [0.29, 0.717) is 40.0 Å². The summed E-state index contributed by atoms with van der Waals surface area (Å²) >= 11 is 12.2. The molecule has 0 N–H and O–H groups in total. The smallest absolute Gasteiger partial charge is 0.189 e. The van der Waals surface area contributed by atoms with Crippen LogP contribution in [0.5, 0.6) is 5.75 Å². The first-order valence-electron chi connectivity index (χ1n) is 6.57. The molecule has 1 heterocycles. The summed E-state index contributed by atoms with van der Waals surface area (Å²) in [5, 5.41) is 0.981. The zero-order valence-corrected chi connectivity index (χ0v) is 12.6. The second-order valence-corrected chi connectivity index (χ2v) is 5.61. The highest BCUT2D eigenvalue weighted by atomic mass is 35.5. The van der Waals surface area contributed by atoms with Gasteiger partial charge in [0.05, 0.1) is 11.6 Å². The maximum Gasteiger partial charge on any atom is 0.189 e. The molecule has 0 aromatic heterocycles. The average molecular weight is 319 g/mol. The van der Waals surface area contributed by atoms with Crippen LogP contribution in [-0.4, -0.2) is 12.4 Å². The Kier molecular flexibility index (Phi) is 4.00. The summed E-state index contributed by atoms with van der Waals surface area (Å²) < 4.78 is 5.66. The predicted octanol–water partition coefficient (Wildman–Crippen LogP) is 5.04. The van der Waals surface area contributed by atoms with Gasteiger partial charge in [0, 0.05) is 28.1 Å². The predicted molar refractivity (Wildman–Crippen MR) is 85.3 cm³/mol. The van der Waals surface area contributed by atoms with Gasteiger partial charge in [-0.25, -0.2) is 0 Å². The van der Waals surface area contributed by atoms with E-state index in [2.05, 4.69) is 0 Å². The Balaban J connectivity index is 2.04. The van der Waals surface area contributed by atoms with Crippen LogP contribution in [0.1, 0.15) is 22.3 Å². The van der Waals surface area contributed by atoms with Crippen LogP contribution < -0.4 is 4.74 Å². The van der Waals surface area contributed by atoms with Crippen LogP contribution in [0, 0.1) is 0 Å². The summed E-state index contributed by atoms with van der Waals surface area (Å²) in [4.78, 5) is 12.5. The summed E-state index contributed by atoms with van der Waals surface area (Å²) in [5.41, 5.74) is 2.10. The maximum absolute atomic E-state index is 12.5. The number of halogens is 2. The van der Waals surface area contributed by atoms with Crippen LogP contribution in [-0.2, 0) is 0 Å². The number of carbonyl (C=O) groups excluding carboxylic acids is 1. The van der Waals surface area contributed by atoms with Crippen molar-refractivity contribution in [1.82, 2.24) is 0 Å². The maximum atomic E-state index is 12.5. The number of hydrogen-bond donors (Lipinski definition) is 0. The Morgan fingerprint density at radius 3 is 2.62 bits per heavy atom. The van der Waals surface area contributed by atoms with E-state index in [0.717, 1.165) is 5.56 Å². The summed E-state index contributed by atoms with van der Waals surface area (Å²) in [6.45, 7) is 0.415. The highest BCUT2D eigenvalue weighted by Crippen LogP contribution is 2.36. The Labute approximate surface area is 132 Å². The molecule has 106 valence electrons. The third-order valence-corrected chi connectivity index (χ3v) is 3.81. The van der Waals surface area contributed by atoms with E-state index in [4.69, 9.17) is 27.9 Å². The van der Waals surface area contributed by atoms with Crippen molar-refractivity contribution in [2.75, 3.05) is 6.61 Å². The Bertz CT molecular complexity index is 721. The molecule has 2 nitrogen and oxygen atoms in total. The molecule has 1 aliphatic heterocycles. The number of ether oxygens (including phenoxy) is 1. The second kappa shape index (κ2) is 5.92. The molecule has 0 radical (unpaired) electrons. The molecule has 0 unspecified atom stereocenters. The Morgan fingerprint density at radius 1 is 1.10 bits per heavy atom. The van der Waals surface area contributed by atoms with Gasteiger partial charge in [-0.1, -0.05) is 53.5 Å². The van der Waals surface area contributed by atoms with Crippen LogP contribution in [0.4, 0.5) is 0 Å². The van der Waals surface area contributed by atoms with Crippen molar-refractivity contribution in [2.24, 2.45) is 0 Å². The third kappa shape index (κ3) is 2.97. The average Bonchev–Trinajstić information content (AvgIpc) is 2.70. The third-order valence-electron chi connectivity index (χ3n) is 3.31. The molecule has 0 aliphatic carbocycles. The lowest BCUT2D eigenvalue weighted by Crippen LogP contribution is -2.06. The first-order chi connectivity index (χ1) is 10.1. The molecule has 0 saturated heterocycles. The minimum atomic E-state index is 0.00291. The lowest BCUT2D eigenvalue weighted by atomic mass is 9.99. The van der Waals surface area contributed by atoms with E-state index in [1.54, 1.807) is 24.3 Å². The topological polar surface area (TPSA) is 26.3 Å². The van der Waals surface area contributed by atoms with Gasteiger partial charge in [-0.3, -0.25) is 4.79 Å². The van der Waals surface area contributed by atoms with E-state index in [-0.39, 0.29) is 5.78 Å². The number of ketones is 1. The summed E-state index contributed by atoms with van der Waals surface area (Å²) in [6, 6.07) is 12.6. The van der Waals surface area contributed by atoms with Crippen LogP contribution in [0.25, 0.3) is 6.08 Å². The molecule has 2 aromatic rings. The van der Waals surface area contributed by atoms with Gasteiger partial charge < -0.3 is 4.74 Å². The van der Waals surface area contributed by atoms with Gasteiger partial charge in [0.25, 0.3) is 0 Å². The van der Waals surface area contributed by atoms with Gasteiger partial charge in [-0.05, 0) is 18.2 Å². The number of Topliss-reactive ketones (excluding diaryl/α,β-unsaturated/α-hetero) is 1. The van der Waals surface area contributed by atoms with Gasteiger partial charge in [0.1, 0.15) is 5.75 Å². The number of fused-ring (bicyclic) bond motifs is 1. The lowest BCUT2D eigenvalue weighted by molar-refractivity contribution is 0.102. The van der Waals surface area contributed by atoms with Crippen molar-refractivity contribution in [3.05, 3.63) is 69.2 Å². The quantitative estimate of drug-likeness (QED) is 0.725. The fraction of sp³-hybridized carbons (Fsp3) is 0.118. The van der Waals surface area contributed by atoms with E-state index in [1.165, 1.54) is 0 Å². The first-order valence-corrected chi connectivity index (χ1v) is 7.33. The highest BCUT2D eigenvalue weighted by molar-refractivity contribution is 6.36. The molecule has 21 heavy (non-hydrogen) atoms. The standard InChI is InChI=1S/C17H12Cl2O2/c18-14-9-13-8-12(6-7-21-17(13)15(19)10-14)16(20)11-4-2-1-3-5-11/h1-5,8-10H,6-7H2.